The van der Waals surface area contributed by atoms with Crippen LogP contribution in [-0.4, -0.2) is 7.11 Å². The van der Waals surface area contributed by atoms with E-state index in [4.69, 9.17) is 5.26 Å². The lowest BCUT2D eigenvalue weighted by Crippen LogP contribution is -1.66. The van der Waals surface area contributed by atoms with Gasteiger partial charge in [0.2, 0.25) is 0 Å². The predicted molar refractivity (Wildman–Crippen MR) is 22.7 cm³/mol. The Bertz CT molecular complexity index is 106. The molecule has 0 aliphatic rings. The molecule has 40 valence electrons. The molecule has 0 amide bonds. The zero-order valence-electron chi connectivity index (χ0n) is 3.67. The molecule has 0 rings (SSSR count). The highest BCUT2D eigenvalue weighted by molar-refractivity contribution is 7.33. The fraction of sp³-hybridized carbons (Fsp3) is 0.500. The van der Waals surface area contributed by atoms with Gasteiger partial charge in [-0.2, -0.15) is 0 Å². The molecule has 4 nitrogen and oxygen atoms in total. The third-order valence-electron chi connectivity index (χ3n) is 0.296. The minimum absolute atomic E-state index is 1.21. The summed E-state index contributed by atoms with van der Waals surface area (Å²) in [6.45, 7) is 0. The number of hydrogen-bond donors (Lipinski definition) is 0. The lowest BCUT2D eigenvalue weighted by Gasteiger charge is -1.87. The van der Waals surface area contributed by atoms with Gasteiger partial charge in [0.05, 0.1) is 0 Å². The molecular weight excluding hydrogens is 117 g/mol. The van der Waals surface area contributed by atoms with Crippen LogP contribution < -0.4 is 0 Å². The molecule has 0 bridgehead atoms. The Hall–Kier alpha value is -0.520. The van der Waals surface area contributed by atoms with Crippen molar-refractivity contribution in [3.63, 3.8) is 0 Å². The molecule has 0 aromatic rings. The van der Waals surface area contributed by atoms with Crippen LogP contribution >= 0.6 is 8.25 Å². The molecule has 0 aliphatic heterocycles. The number of nitriles is 1. The highest BCUT2D eigenvalue weighted by Gasteiger charge is 1.88. The van der Waals surface area contributed by atoms with Crippen molar-refractivity contribution in [1.82, 2.24) is 0 Å². The minimum Gasteiger partial charge on any atom is -0.351 e. The normalized spacial score (nSPS) is 12.0. The van der Waals surface area contributed by atoms with Gasteiger partial charge in [-0.1, -0.05) is 0 Å². The van der Waals surface area contributed by atoms with E-state index in [1.54, 1.807) is 0 Å². The summed E-state index contributed by atoms with van der Waals surface area (Å²) in [5.41, 5.74) is 0. The molecule has 0 saturated carbocycles. The summed E-state index contributed by atoms with van der Waals surface area (Å²) >= 11 is 0. The SMILES string of the molecule is CO[PH](=O)OC#N. The molecule has 1 unspecified atom stereocenters. The highest BCUT2D eigenvalue weighted by atomic mass is 31.1. The van der Waals surface area contributed by atoms with Gasteiger partial charge in [0, 0.05) is 7.11 Å². The number of rotatable bonds is 2. The fourth-order valence-corrected chi connectivity index (χ4v) is 0.237. The molecule has 0 fully saturated rings. The van der Waals surface area contributed by atoms with E-state index in [-0.39, 0.29) is 0 Å². The van der Waals surface area contributed by atoms with Crippen molar-refractivity contribution in [2.24, 2.45) is 0 Å². The first-order valence-corrected chi connectivity index (χ1v) is 2.67. The van der Waals surface area contributed by atoms with Crippen molar-refractivity contribution in [3.8, 4) is 6.26 Å². The van der Waals surface area contributed by atoms with Crippen molar-refractivity contribution in [2.45, 2.75) is 0 Å². The summed E-state index contributed by atoms with van der Waals surface area (Å²) in [7, 11) is -1.28. The molecule has 0 spiro atoms. The van der Waals surface area contributed by atoms with Crippen LogP contribution in [0.3, 0.4) is 0 Å². The van der Waals surface area contributed by atoms with Crippen LogP contribution in [0.1, 0.15) is 0 Å². The van der Waals surface area contributed by atoms with Crippen LogP contribution in [0.15, 0.2) is 0 Å². The third kappa shape index (κ3) is 3.31. The van der Waals surface area contributed by atoms with Crippen molar-refractivity contribution in [2.75, 3.05) is 7.11 Å². The number of nitrogens with zero attached hydrogens (tertiary/aromatic N) is 1. The topological polar surface area (TPSA) is 59.3 Å². The lowest BCUT2D eigenvalue weighted by atomic mass is 11.6. The smallest absolute Gasteiger partial charge is 0.351 e. The first-order valence-electron chi connectivity index (χ1n) is 1.45. The molecule has 0 radical (unpaired) electrons. The van der Waals surface area contributed by atoms with Gasteiger partial charge in [-0.15, -0.1) is 5.26 Å². The van der Waals surface area contributed by atoms with E-state index >= 15 is 0 Å². The van der Waals surface area contributed by atoms with Gasteiger partial charge in [-0.25, -0.2) is 4.57 Å². The fourth-order valence-electron chi connectivity index (χ4n) is 0.0789. The average Bonchev–Trinajstić information content (AvgIpc) is 1.68. The van der Waals surface area contributed by atoms with Gasteiger partial charge in [-0.05, 0) is 0 Å². The second kappa shape index (κ2) is 3.66. The molecule has 1 atom stereocenters. The Balaban J connectivity index is 3.23. The monoisotopic (exact) mass is 121 g/mol. The molecule has 7 heavy (non-hydrogen) atoms. The summed E-state index contributed by atoms with van der Waals surface area (Å²) < 4.78 is 17.8. The van der Waals surface area contributed by atoms with Crippen LogP contribution in [0.2, 0.25) is 0 Å². The van der Waals surface area contributed by atoms with Gasteiger partial charge >= 0.3 is 8.25 Å². The first-order chi connectivity index (χ1) is 3.31. The van der Waals surface area contributed by atoms with E-state index in [0.29, 0.717) is 0 Å². The molecule has 0 heterocycles. The zero-order chi connectivity index (χ0) is 5.70. The van der Waals surface area contributed by atoms with Gasteiger partial charge in [0.25, 0.3) is 6.26 Å². The van der Waals surface area contributed by atoms with E-state index < -0.39 is 8.25 Å². The summed E-state index contributed by atoms with van der Waals surface area (Å²) in [5.74, 6) is 0. The quantitative estimate of drug-likeness (QED) is 0.394. The van der Waals surface area contributed by atoms with E-state index in [1.165, 1.54) is 13.4 Å². The summed E-state index contributed by atoms with van der Waals surface area (Å²) in [4.78, 5) is 0. The standard InChI is InChI=1S/C2H4NO3P/c1-5-7(4)6-2-3/h7H,1H3. The Morgan fingerprint density at radius 1 is 1.86 bits per heavy atom. The lowest BCUT2D eigenvalue weighted by molar-refractivity contribution is 0.334. The predicted octanol–water partition coefficient (Wildman–Crippen LogP) is 0.520. The first kappa shape index (κ1) is 6.48. The second-order valence-corrected chi connectivity index (χ2v) is 1.76. The van der Waals surface area contributed by atoms with Gasteiger partial charge in [-0.3, -0.25) is 0 Å². The van der Waals surface area contributed by atoms with E-state index in [9.17, 15) is 4.57 Å². The van der Waals surface area contributed by atoms with Crippen LogP contribution in [0, 0.1) is 11.5 Å². The summed E-state index contributed by atoms with van der Waals surface area (Å²) in [6.07, 6.45) is 1.23. The summed E-state index contributed by atoms with van der Waals surface area (Å²) in [6, 6.07) is 0. The van der Waals surface area contributed by atoms with Gasteiger partial charge < -0.3 is 9.05 Å². The second-order valence-electron chi connectivity index (χ2n) is 0.647. The van der Waals surface area contributed by atoms with Gasteiger partial charge in [0.15, 0.2) is 0 Å². The van der Waals surface area contributed by atoms with Crippen molar-refractivity contribution < 1.29 is 13.6 Å². The average molecular weight is 121 g/mol. The third-order valence-corrected chi connectivity index (χ3v) is 0.887. The van der Waals surface area contributed by atoms with Crippen LogP contribution in [0.4, 0.5) is 0 Å². The van der Waals surface area contributed by atoms with Crippen LogP contribution in [-0.2, 0) is 13.6 Å². The Morgan fingerprint density at radius 2 is 2.43 bits per heavy atom. The highest BCUT2D eigenvalue weighted by Crippen LogP contribution is 2.19. The van der Waals surface area contributed by atoms with E-state index in [1.807, 2.05) is 0 Å². The Kier molecular flexibility index (Phi) is 3.39. The number of hydrogen-bond acceptors (Lipinski definition) is 4. The van der Waals surface area contributed by atoms with Crippen molar-refractivity contribution in [1.29, 1.82) is 5.26 Å². The maximum absolute atomic E-state index is 9.93. The molecule has 0 aromatic carbocycles. The van der Waals surface area contributed by atoms with Crippen LogP contribution in [0.25, 0.3) is 0 Å². The Morgan fingerprint density at radius 3 is 2.57 bits per heavy atom. The molecule has 0 N–H and O–H groups in total. The largest absolute Gasteiger partial charge is 0.377 e. The zero-order valence-corrected chi connectivity index (χ0v) is 4.67. The van der Waals surface area contributed by atoms with E-state index in [2.05, 4.69) is 9.05 Å². The summed E-state index contributed by atoms with van der Waals surface area (Å²) in [5, 5.41) is 7.64. The molecule has 0 aromatic heterocycles. The Labute approximate surface area is 41.6 Å². The molecule has 0 saturated heterocycles. The van der Waals surface area contributed by atoms with Crippen molar-refractivity contribution in [3.05, 3.63) is 0 Å². The maximum atomic E-state index is 9.93. The van der Waals surface area contributed by atoms with Gasteiger partial charge in [0.1, 0.15) is 0 Å². The molecule has 0 aliphatic carbocycles. The van der Waals surface area contributed by atoms with E-state index in [0.717, 1.165) is 0 Å². The van der Waals surface area contributed by atoms with Crippen molar-refractivity contribution >= 4 is 8.25 Å². The molecule has 5 heteroatoms. The van der Waals surface area contributed by atoms with Crippen LogP contribution in [0.5, 0.6) is 0 Å². The molecular formula is C2H4NO3P. The maximum Gasteiger partial charge on any atom is 0.377 e. The minimum atomic E-state index is -2.49.